The standard InChI is InChI=1S/C13H16ClNO4.ClH/c1-13(2)6-19-12(17)15-11(13)7-4-8(14)10(16)9(5-7)18-3;/h4-5,11,16H,6H2,1-3H3,(H,15,17);1H/t11-;/m1./s1. The van der Waals surface area contributed by atoms with Gasteiger partial charge >= 0.3 is 6.09 Å². The topological polar surface area (TPSA) is 67.8 Å². The van der Waals surface area contributed by atoms with Crippen LogP contribution in [0.1, 0.15) is 25.5 Å². The Morgan fingerprint density at radius 1 is 1.50 bits per heavy atom. The zero-order chi connectivity index (χ0) is 14.2. The van der Waals surface area contributed by atoms with E-state index in [-0.39, 0.29) is 40.4 Å². The zero-order valence-corrected chi connectivity index (χ0v) is 13.0. The Morgan fingerprint density at radius 2 is 2.15 bits per heavy atom. The zero-order valence-electron chi connectivity index (χ0n) is 11.4. The number of halogens is 2. The second-order valence-electron chi connectivity index (χ2n) is 5.20. The summed E-state index contributed by atoms with van der Waals surface area (Å²) in [5, 5.41) is 12.7. The van der Waals surface area contributed by atoms with Crippen LogP contribution in [0.4, 0.5) is 4.79 Å². The normalized spacial score (nSPS) is 20.4. The van der Waals surface area contributed by atoms with Crippen LogP contribution >= 0.6 is 24.0 Å². The number of ether oxygens (including phenoxy) is 2. The molecular formula is C13H17Cl2NO4. The van der Waals surface area contributed by atoms with Gasteiger partial charge in [-0.15, -0.1) is 12.4 Å². The van der Waals surface area contributed by atoms with Crippen molar-refractivity contribution in [1.29, 1.82) is 0 Å². The SMILES string of the molecule is COc1cc([C@H]2NC(=O)OCC2(C)C)cc(Cl)c1O.Cl. The van der Waals surface area contributed by atoms with Crippen molar-refractivity contribution in [2.45, 2.75) is 19.9 Å². The summed E-state index contributed by atoms with van der Waals surface area (Å²) >= 11 is 5.97. The molecule has 0 unspecified atom stereocenters. The summed E-state index contributed by atoms with van der Waals surface area (Å²) in [6.45, 7) is 4.26. The maximum Gasteiger partial charge on any atom is 0.407 e. The predicted octanol–water partition coefficient (Wildman–Crippen LogP) is 3.28. The summed E-state index contributed by atoms with van der Waals surface area (Å²) in [5.41, 5.74) is 0.473. The Balaban J connectivity index is 0.00000200. The van der Waals surface area contributed by atoms with Crippen molar-refractivity contribution in [2.75, 3.05) is 13.7 Å². The van der Waals surface area contributed by atoms with Gasteiger partial charge in [0.05, 0.1) is 18.2 Å². The molecule has 0 aromatic heterocycles. The van der Waals surface area contributed by atoms with E-state index in [1.54, 1.807) is 12.1 Å². The number of benzene rings is 1. The quantitative estimate of drug-likeness (QED) is 0.877. The molecule has 1 saturated heterocycles. The van der Waals surface area contributed by atoms with E-state index in [0.717, 1.165) is 5.56 Å². The van der Waals surface area contributed by atoms with E-state index < -0.39 is 6.09 Å². The molecule has 1 atom stereocenters. The smallest absolute Gasteiger partial charge is 0.407 e. The van der Waals surface area contributed by atoms with Gasteiger partial charge in [0.25, 0.3) is 0 Å². The molecule has 112 valence electrons. The van der Waals surface area contributed by atoms with Crippen LogP contribution in [0, 0.1) is 5.41 Å². The first-order chi connectivity index (χ1) is 8.85. The van der Waals surface area contributed by atoms with Crippen LogP contribution in [0.25, 0.3) is 0 Å². The number of hydrogen-bond acceptors (Lipinski definition) is 4. The molecule has 0 bridgehead atoms. The van der Waals surface area contributed by atoms with Gasteiger partial charge in [-0.3, -0.25) is 0 Å². The van der Waals surface area contributed by atoms with Gasteiger partial charge in [-0.25, -0.2) is 4.79 Å². The average molecular weight is 322 g/mol. The number of alkyl carbamates (subject to hydrolysis) is 1. The number of hydrogen-bond donors (Lipinski definition) is 2. The largest absolute Gasteiger partial charge is 0.503 e. The van der Waals surface area contributed by atoms with Crippen molar-refractivity contribution in [3.8, 4) is 11.5 Å². The Morgan fingerprint density at radius 3 is 2.75 bits per heavy atom. The summed E-state index contributed by atoms with van der Waals surface area (Å²) in [6.07, 6.45) is -0.465. The van der Waals surface area contributed by atoms with Crippen LogP contribution in [-0.2, 0) is 4.74 Å². The Hall–Kier alpha value is -1.33. The van der Waals surface area contributed by atoms with E-state index in [0.29, 0.717) is 6.61 Å². The molecule has 1 aliphatic rings. The molecule has 2 rings (SSSR count). The molecule has 20 heavy (non-hydrogen) atoms. The van der Waals surface area contributed by atoms with Gasteiger partial charge in [-0.2, -0.15) is 0 Å². The first-order valence-corrected chi connectivity index (χ1v) is 6.22. The summed E-state index contributed by atoms with van der Waals surface area (Å²) in [4.78, 5) is 11.4. The van der Waals surface area contributed by atoms with Crippen molar-refractivity contribution in [3.05, 3.63) is 22.7 Å². The van der Waals surface area contributed by atoms with E-state index >= 15 is 0 Å². The molecule has 1 fully saturated rings. The minimum absolute atomic E-state index is 0. The Kier molecular flexibility index (Phi) is 5.00. The summed E-state index contributed by atoms with van der Waals surface area (Å²) in [6, 6.07) is 3.03. The van der Waals surface area contributed by atoms with Gasteiger partial charge in [0.1, 0.15) is 6.61 Å². The second kappa shape index (κ2) is 5.97. The number of rotatable bonds is 2. The molecule has 1 aromatic carbocycles. The van der Waals surface area contributed by atoms with Gasteiger partial charge in [0, 0.05) is 5.41 Å². The lowest BCUT2D eigenvalue weighted by Gasteiger charge is -2.38. The fourth-order valence-electron chi connectivity index (χ4n) is 2.14. The molecule has 1 heterocycles. The van der Waals surface area contributed by atoms with Gasteiger partial charge in [0.2, 0.25) is 0 Å². The maximum atomic E-state index is 11.4. The number of carbonyl (C=O) groups is 1. The van der Waals surface area contributed by atoms with Gasteiger partial charge in [-0.1, -0.05) is 25.4 Å². The average Bonchev–Trinajstić information content (AvgIpc) is 2.35. The molecule has 0 radical (unpaired) electrons. The van der Waals surface area contributed by atoms with Gasteiger partial charge in [0.15, 0.2) is 11.5 Å². The lowest BCUT2D eigenvalue weighted by Crippen LogP contribution is -2.46. The van der Waals surface area contributed by atoms with Crippen molar-refractivity contribution >= 4 is 30.1 Å². The van der Waals surface area contributed by atoms with E-state index in [4.69, 9.17) is 21.1 Å². The second-order valence-corrected chi connectivity index (χ2v) is 5.60. The lowest BCUT2D eigenvalue weighted by molar-refractivity contribution is 0.0387. The van der Waals surface area contributed by atoms with E-state index in [1.807, 2.05) is 13.8 Å². The molecular weight excluding hydrogens is 305 g/mol. The lowest BCUT2D eigenvalue weighted by atomic mass is 9.80. The molecule has 0 aliphatic carbocycles. The van der Waals surface area contributed by atoms with E-state index in [2.05, 4.69) is 5.32 Å². The summed E-state index contributed by atoms with van der Waals surface area (Å²) in [5.74, 6) is 0.170. The Labute approximate surface area is 128 Å². The van der Waals surface area contributed by atoms with Crippen molar-refractivity contribution in [3.63, 3.8) is 0 Å². The molecule has 1 amide bonds. The van der Waals surface area contributed by atoms with Crippen molar-refractivity contribution in [1.82, 2.24) is 5.32 Å². The summed E-state index contributed by atoms with van der Waals surface area (Å²) < 4.78 is 10.1. The molecule has 0 spiro atoms. The third-order valence-corrected chi connectivity index (χ3v) is 3.51. The minimum atomic E-state index is -0.465. The highest BCUT2D eigenvalue weighted by atomic mass is 35.5. The highest BCUT2D eigenvalue weighted by Gasteiger charge is 2.38. The third kappa shape index (κ3) is 3.04. The Bertz CT molecular complexity index is 519. The van der Waals surface area contributed by atoms with E-state index in [9.17, 15) is 9.90 Å². The van der Waals surface area contributed by atoms with Gasteiger partial charge in [-0.05, 0) is 17.7 Å². The van der Waals surface area contributed by atoms with E-state index in [1.165, 1.54) is 7.11 Å². The third-order valence-electron chi connectivity index (χ3n) is 3.22. The number of carbonyl (C=O) groups excluding carboxylic acids is 1. The minimum Gasteiger partial charge on any atom is -0.503 e. The molecule has 1 aliphatic heterocycles. The van der Waals surface area contributed by atoms with Crippen LogP contribution in [-0.4, -0.2) is 24.9 Å². The number of aromatic hydroxyl groups is 1. The van der Waals surface area contributed by atoms with Gasteiger partial charge < -0.3 is 19.9 Å². The fourth-order valence-corrected chi connectivity index (χ4v) is 2.36. The maximum absolute atomic E-state index is 11.4. The number of nitrogens with one attached hydrogen (secondary N) is 1. The van der Waals surface area contributed by atoms with Crippen LogP contribution in [0.3, 0.4) is 0 Å². The van der Waals surface area contributed by atoms with Crippen LogP contribution < -0.4 is 10.1 Å². The summed E-state index contributed by atoms with van der Waals surface area (Å²) in [7, 11) is 1.45. The molecule has 0 saturated carbocycles. The van der Waals surface area contributed by atoms with Crippen LogP contribution in [0.5, 0.6) is 11.5 Å². The molecule has 1 aromatic rings. The predicted molar refractivity (Wildman–Crippen MR) is 77.9 cm³/mol. The highest BCUT2D eigenvalue weighted by Crippen LogP contribution is 2.42. The highest BCUT2D eigenvalue weighted by molar-refractivity contribution is 6.32. The fraction of sp³-hybridized carbons (Fsp3) is 0.462. The number of phenols is 1. The van der Waals surface area contributed by atoms with Crippen molar-refractivity contribution < 1.29 is 19.4 Å². The first-order valence-electron chi connectivity index (χ1n) is 5.85. The molecule has 7 heteroatoms. The number of methoxy groups -OCH3 is 1. The molecule has 2 N–H and O–H groups in total. The monoisotopic (exact) mass is 321 g/mol. The number of phenolic OH excluding ortho intramolecular Hbond substituents is 1. The molecule has 5 nitrogen and oxygen atoms in total. The van der Waals surface area contributed by atoms with Crippen LogP contribution in [0.2, 0.25) is 5.02 Å². The number of amides is 1. The first kappa shape index (κ1) is 16.7. The van der Waals surface area contributed by atoms with Crippen molar-refractivity contribution in [2.24, 2.45) is 5.41 Å². The van der Waals surface area contributed by atoms with Crippen LogP contribution in [0.15, 0.2) is 12.1 Å². The number of cyclic esters (lactones) is 1.